The van der Waals surface area contributed by atoms with Crippen molar-refractivity contribution < 1.29 is 18.0 Å². The number of hydrogen-bond acceptors (Lipinski definition) is 4. The Labute approximate surface area is 232 Å². The molecule has 0 heterocycles. The lowest BCUT2D eigenvalue weighted by atomic mass is 10.1. The predicted molar refractivity (Wildman–Crippen MR) is 150 cm³/mol. The molecule has 198 valence electrons. The zero-order chi connectivity index (χ0) is 27.2. The normalized spacial score (nSPS) is 13.1. The molecule has 2 aromatic carbocycles. The van der Waals surface area contributed by atoms with Crippen molar-refractivity contribution in [3.8, 4) is 0 Å². The highest BCUT2D eigenvalue weighted by Gasteiger charge is 2.32. The number of nitrogens with zero attached hydrogens (tertiary/aromatic N) is 2. The number of carbonyl (C=O) groups excluding carboxylic acids is 2. The number of amides is 2. The second-order valence-corrected chi connectivity index (χ2v) is 12.3. The fourth-order valence-corrected chi connectivity index (χ4v) is 5.00. The summed E-state index contributed by atoms with van der Waals surface area (Å²) in [5.74, 6) is -0.816. The Morgan fingerprint density at radius 2 is 1.72 bits per heavy atom. The fraction of sp³-hybridized carbons (Fsp3) is 0.440. The third-order valence-corrected chi connectivity index (χ3v) is 8.60. The molecule has 0 aliphatic rings. The van der Waals surface area contributed by atoms with Crippen LogP contribution in [0.1, 0.15) is 44.7 Å². The summed E-state index contributed by atoms with van der Waals surface area (Å²) >= 11 is 15.6. The molecular formula is C25H32BrCl2N3O4S. The smallest absolute Gasteiger partial charge is 0.244 e. The Kier molecular flexibility index (Phi) is 11.1. The number of halogens is 3. The van der Waals surface area contributed by atoms with Crippen LogP contribution in [0.5, 0.6) is 0 Å². The summed E-state index contributed by atoms with van der Waals surface area (Å²) in [6.07, 6.45) is 2.12. The summed E-state index contributed by atoms with van der Waals surface area (Å²) in [5.41, 5.74) is 1.84. The summed E-state index contributed by atoms with van der Waals surface area (Å²) in [6, 6.07) is 9.14. The van der Waals surface area contributed by atoms with Gasteiger partial charge >= 0.3 is 0 Å². The molecule has 0 saturated heterocycles. The molecule has 0 aliphatic carbocycles. The van der Waals surface area contributed by atoms with Gasteiger partial charge in [0.25, 0.3) is 0 Å². The highest BCUT2D eigenvalue weighted by Crippen LogP contribution is 2.26. The van der Waals surface area contributed by atoms with Crippen LogP contribution in [0.15, 0.2) is 40.9 Å². The van der Waals surface area contributed by atoms with Crippen LogP contribution in [-0.4, -0.2) is 50.0 Å². The number of hydrogen-bond donors (Lipinski definition) is 1. The number of sulfonamides is 1. The first kappa shape index (κ1) is 30.4. The quantitative estimate of drug-likeness (QED) is 0.357. The Balaban J connectivity index is 2.48. The molecule has 2 aromatic rings. The highest BCUT2D eigenvalue weighted by molar-refractivity contribution is 9.10. The molecule has 0 saturated carbocycles. The van der Waals surface area contributed by atoms with Crippen LogP contribution in [-0.2, 0) is 26.2 Å². The fourth-order valence-electron chi connectivity index (χ4n) is 3.59. The number of nitrogens with one attached hydrogen (secondary N) is 1. The molecular weight excluding hydrogens is 589 g/mol. The maximum Gasteiger partial charge on any atom is 0.244 e. The van der Waals surface area contributed by atoms with Gasteiger partial charge < -0.3 is 10.2 Å². The molecule has 0 aromatic heterocycles. The number of aryl methyl sites for hydroxylation is 1. The van der Waals surface area contributed by atoms with Gasteiger partial charge in [-0.2, -0.15) is 0 Å². The molecule has 2 amide bonds. The number of rotatable bonds is 11. The predicted octanol–water partition coefficient (Wildman–Crippen LogP) is 5.55. The van der Waals surface area contributed by atoms with Gasteiger partial charge in [-0.25, -0.2) is 8.42 Å². The van der Waals surface area contributed by atoms with E-state index in [4.69, 9.17) is 23.2 Å². The Hall–Kier alpha value is -1.81. The van der Waals surface area contributed by atoms with Crippen molar-refractivity contribution in [2.24, 2.45) is 0 Å². The molecule has 0 unspecified atom stereocenters. The van der Waals surface area contributed by atoms with E-state index >= 15 is 0 Å². The molecule has 2 atom stereocenters. The summed E-state index contributed by atoms with van der Waals surface area (Å²) < 4.78 is 27.3. The van der Waals surface area contributed by atoms with Gasteiger partial charge in [-0.15, -0.1) is 0 Å². The van der Waals surface area contributed by atoms with Gasteiger partial charge in [0, 0.05) is 17.1 Å². The molecule has 0 radical (unpaired) electrons. The molecule has 0 fully saturated rings. The monoisotopic (exact) mass is 619 g/mol. The van der Waals surface area contributed by atoms with Crippen molar-refractivity contribution in [1.29, 1.82) is 0 Å². The van der Waals surface area contributed by atoms with Crippen LogP contribution in [0.25, 0.3) is 0 Å². The zero-order valence-corrected chi connectivity index (χ0v) is 24.9. The van der Waals surface area contributed by atoms with E-state index in [9.17, 15) is 18.0 Å². The van der Waals surface area contributed by atoms with E-state index in [0.29, 0.717) is 27.7 Å². The van der Waals surface area contributed by atoms with E-state index in [1.165, 1.54) is 4.90 Å². The third-order valence-electron chi connectivity index (χ3n) is 5.83. The summed E-state index contributed by atoms with van der Waals surface area (Å²) in [6.45, 7) is 7.07. The van der Waals surface area contributed by atoms with Crippen LogP contribution < -0.4 is 9.62 Å². The topological polar surface area (TPSA) is 86.8 Å². The highest BCUT2D eigenvalue weighted by atomic mass is 79.9. The first-order valence-corrected chi connectivity index (χ1v) is 15.0. The maximum absolute atomic E-state index is 13.7. The van der Waals surface area contributed by atoms with E-state index in [1.54, 1.807) is 36.4 Å². The van der Waals surface area contributed by atoms with Gasteiger partial charge in [-0.05, 0) is 68.1 Å². The minimum atomic E-state index is -3.81. The van der Waals surface area contributed by atoms with Crippen LogP contribution >= 0.6 is 39.1 Å². The Bertz CT molecular complexity index is 1210. The first-order valence-electron chi connectivity index (χ1n) is 11.6. The molecule has 7 nitrogen and oxygen atoms in total. The summed E-state index contributed by atoms with van der Waals surface area (Å²) in [5, 5.41) is 3.62. The van der Waals surface area contributed by atoms with Gasteiger partial charge in [0.05, 0.1) is 22.0 Å². The van der Waals surface area contributed by atoms with Crippen molar-refractivity contribution in [3.05, 3.63) is 62.0 Å². The van der Waals surface area contributed by atoms with Crippen molar-refractivity contribution >= 4 is 66.7 Å². The van der Waals surface area contributed by atoms with Gasteiger partial charge in [0.2, 0.25) is 21.8 Å². The van der Waals surface area contributed by atoms with Crippen molar-refractivity contribution in [2.75, 3.05) is 17.1 Å². The van der Waals surface area contributed by atoms with Gasteiger partial charge in [0.15, 0.2) is 0 Å². The van der Waals surface area contributed by atoms with Crippen LogP contribution in [0.4, 0.5) is 5.69 Å². The Morgan fingerprint density at radius 3 is 2.25 bits per heavy atom. The van der Waals surface area contributed by atoms with E-state index in [2.05, 4.69) is 21.2 Å². The number of carbonyl (C=O) groups is 2. The van der Waals surface area contributed by atoms with E-state index in [0.717, 1.165) is 27.0 Å². The summed E-state index contributed by atoms with van der Waals surface area (Å²) in [7, 11) is -3.81. The lowest BCUT2D eigenvalue weighted by molar-refractivity contribution is -0.140. The van der Waals surface area contributed by atoms with Gasteiger partial charge in [-0.3, -0.25) is 13.9 Å². The average Bonchev–Trinajstić information content (AvgIpc) is 2.80. The molecule has 1 N–H and O–H groups in total. The standard InChI is InChI=1S/C25H32BrCl2N3O4S/c1-6-17(4)29-25(33)23(7-2)30(14-18-8-11-21(27)22(28)13-18)24(32)15-31(36(5,34)35)19-9-10-20(26)16(3)12-19/h8-13,17,23H,6-7,14-15H2,1-5H3,(H,29,33)/t17-,23-/m0/s1. The van der Waals surface area contributed by atoms with Gasteiger partial charge in [0.1, 0.15) is 12.6 Å². The van der Waals surface area contributed by atoms with Crippen LogP contribution in [0.2, 0.25) is 10.0 Å². The van der Waals surface area contributed by atoms with Crippen LogP contribution in [0, 0.1) is 6.92 Å². The lowest BCUT2D eigenvalue weighted by Crippen LogP contribution is -2.53. The first-order chi connectivity index (χ1) is 16.8. The third kappa shape index (κ3) is 8.10. The SMILES string of the molecule is CC[C@H](C)NC(=O)[C@H](CC)N(Cc1ccc(Cl)c(Cl)c1)C(=O)CN(c1ccc(Br)c(C)c1)S(C)(=O)=O. The lowest BCUT2D eigenvalue weighted by Gasteiger charge is -2.33. The Morgan fingerprint density at radius 1 is 1.06 bits per heavy atom. The number of anilines is 1. The second kappa shape index (κ2) is 13.1. The van der Waals surface area contributed by atoms with E-state index in [-0.39, 0.29) is 18.5 Å². The minimum Gasteiger partial charge on any atom is -0.352 e. The van der Waals surface area contributed by atoms with Crippen molar-refractivity contribution in [3.63, 3.8) is 0 Å². The second-order valence-electron chi connectivity index (χ2n) is 8.72. The maximum atomic E-state index is 13.7. The summed E-state index contributed by atoms with van der Waals surface area (Å²) in [4.78, 5) is 28.3. The number of benzene rings is 2. The largest absolute Gasteiger partial charge is 0.352 e. The minimum absolute atomic E-state index is 0.0547. The van der Waals surface area contributed by atoms with E-state index < -0.39 is 28.5 Å². The molecule has 36 heavy (non-hydrogen) atoms. The van der Waals surface area contributed by atoms with Crippen LogP contribution in [0.3, 0.4) is 0 Å². The molecule has 11 heteroatoms. The average molecular weight is 621 g/mol. The van der Waals surface area contributed by atoms with Crippen molar-refractivity contribution in [1.82, 2.24) is 10.2 Å². The molecule has 2 rings (SSSR count). The van der Waals surface area contributed by atoms with Gasteiger partial charge in [-0.1, -0.05) is 59.0 Å². The molecule has 0 aliphatic heterocycles. The molecule has 0 spiro atoms. The van der Waals surface area contributed by atoms with Crippen molar-refractivity contribution in [2.45, 2.75) is 59.2 Å². The molecule has 0 bridgehead atoms. The zero-order valence-electron chi connectivity index (χ0n) is 21.0. The van der Waals surface area contributed by atoms with E-state index in [1.807, 2.05) is 27.7 Å².